The average molecular weight is 494 g/mol. The van der Waals surface area contributed by atoms with Crippen LogP contribution in [0.3, 0.4) is 0 Å². The fourth-order valence-electron chi connectivity index (χ4n) is 5.13. The van der Waals surface area contributed by atoms with Gasteiger partial charge in [0, 0.05) is 25.3 Å². The summed E-state index contributed by atoms with van der Waals surface area (Å²) in [6.07, 6.45) is 3.80. The van der Waals surface area contributed by atoms with E-state index in [1.807, 2.05) is 36.9 Å². The number of thiazole rings is 1. The number of allylic oxidation sites excluding steroid dienone is 1. The number of benzene rings is 3. The number of ether oxygens (including phenoxy) is 1. The molecule has 2 heterocycles. The zero-order valence-electron chi connectivity index (χ0n) is 20.6. The van der Waals surface area contributed by atoms with Crippen LogP contribution in [0.25, 0.3) is 11.8 Å². The molecule has 1 aliphatic carbocycles. The third-order valence-electron chi connectivity index (χ3n) is 7.01. The molecule has 0 radical (unpaired) electrons. The molecule has 0 bridgehead atoms. The van der Waals surface area contributed by atoms with Gasteiger partial charge in [0.05, 0.1) is 23.4 Å². The lowest BCUT2D eigenvalue weighted by molar-refractivity contribution is 0.414. The second-order valence-corrected chi connectivity index (χ2v) is 10.4. The topological polar surface area (TPSA) is 46.8 Å². The number of aromatic nitrogens is 1. The molecule has 0 saturated carbocycles. The Morgan fingerprint density at radius 3 is 2.47 bits per heavy atom. The third kappa shape index (κ3) is 3.78. The van der Waals surface area contributed by atoms with Gasteiger partial charge in [-0.3, -0.25) is 9.36 Å². The second-order valence-electron chi connectivity index (χ2n) is 9.37. The number of nitrogens with zero attached hydrogens (tertiary/aromatic N) is 3. The SMILES string of the molecule is COc1ccc([C@H]2C3=C(N=c4s/c(=C\c5ccc(N(C)C)cc5)c(=O)n42)c2ccccc2CC3)cc1. The smallest absolute Gasteiger partial charge is 0.271 e. The van der Waals surface area contributed by atoms with Crippen LogP contribution in [-0.2, 0) is 6.42 Å². The summed E-state index contributed by atoms with van der Waals surface area (Å²) in [7, 11) is 5.71. The largest absolute Gasteiger partial charge is 0.497 e. The van der Waals surface area contributed by atoms with E-state index in [1.54, 1.807) is 7.11 Å². The second kappa shape index (κ2) is 8.95. The van der Waals surface area contributed by atoms with E-state index >= 15 is 0 Å². The summed E-state index contributed by atoms with van der Waals surface area (Å²) in [6.45, 7) is 0. The number of methoxy groups -OCH3 is 1. The van der Waals surface area contributed by atoms with Crippen LogP contribution in [0.15, 0.2) is 88.2 Å². The lowest BCUT2D eigenvalue weighted by Crippen LogP contribution is -2.38. The van der Waals surface area contributed by atoms with E-state index in [0.29, 0.717) is 4.53 Å². The van der Waals surface area contributed by atoms with Gasteiger partial charge in [0.25, 0.3) is 5.56 Å². The van der Waals surface area contributed by atoms with Gasteiger partial charge < -0.3 is 9.64 Å². The zero-order valence-corrected chi connectivity index (χ0v) is 21.4. The summed E-state index contributed by atoms with van der Waals surface area (Å²) >= 11 is 1.46. The molecule has 0 saturated heterocycles. The molecule has 0 spiro atoms. The fourth-order valence-corrected chi connectivity index (χ4v) is 6.13. The molecule has 180 valence electrons. The number of hydrogen-bond acceptors (Lipinski definition) is 5. The standard InChI is InChI=1S/C30H27N3O2S/c1-32(2)22-13-8-19(9-14-22)18-26-29(34)33-28(21-10-15-23(35-3)16-11-21)25-17-12-20-6-4-5-7-24(20)27(25)31-30(33)36-26/h4-11,13-16,18,28H,12,17H2,1-3H3/b26-18-/t28-/m0/s1. The van der Waals surface area contributed by atoms with E-state index in [9.17, 15) is 4.79 Å². The van der Waals surface area contributed by atoms with Crippen molar-refractivity contribution in [3.8, 4) is 5.75 Å². The molecule has 1 aliphatic heterocycles. The molecule has 1 atom stereocenters. The molecular formula is C30H27N3O2S. The maximum absolute atomic E-state index is 13.8. The first-order valence-corrected chi connectivity index (χ1v) is 12.9. The lowest BCUT2D eigenvalue weighted by atomic mass is 9.83. The van der Waals surface area contributed by atoms with E-state index in [4.69, 9.17) is 9.73 Å². The maximum atomic E-state index is 13.8. The minimum Gasteiger partial charge on any atom is -0.497 e. The van der Waals surface area contributed by atoms with Crippen molar-refractivity contribution in [1.82, 2.24) is 4.57 Å². The molecule has 0 unspecified atom stereocenters. The van der Waals surface area contributed by atoms with E-state index in [-0.39, 0.29) is 11.6 Å². The minimum atomic E-state index is -0.186. The van der Waals surface area contributed by atoms with Crippen molar-refractivity contribution in [2.24, 2.45) is 4.99 Å². The Bertz CT molecular complexity index is 1660. The molecule has 1 aromatic heterocycles. The summed E-state index contributed by atoms with van der Waals surface area (Å²) in [5.74, 6) is 0.801. The van der Waals surface area contributed by atoms with Crippen molar-refractivity contribution in [3.05, 3.63) is 120 Å². The molecular weight excluding hydrogens is 466 g/mol. The predicted octanol–water partition coefficient (Wildman–Crippen LogP) is 4.39. The fraction of sp³-hybridized carbons (Fsp3) is 0.200. The number of anilines is 1. The van der Waals surface area contributed by atoms with Gasteiger partial charge in [-0.05, 0) is 65.4 Å². The number of rotatable bonds is 4. The monoisotopic (exact) mass is 493 g/mol. The average Bonchev–Trinajstić information content (AvgIpc) is 3.22. The van der Waals surface area contributed by atoms with Crippen molar-refractivity contribution in [3.63, 3.8) is 0 Å². The molecule has 3 aromatic carbocycles. The van der Waals surface area contributed by atoms with Gasteiger partial charge in [0.15, 0.2) is 4.80 Å². The van der Waals surface area contributed by atoms with Crippen LogP contribution in [0.5, 0.6) is 5.75 Å². The summed E-state index contributed by atoms with van der Waals surface area (Å²) in [6, 6.07) is 24.6. The van der Waals surface area contributed by atoms with Crippen molar-refractivity contribution in [2.75, 3.05) is 26.1 Å². The number of aryl methyl sites for hydroxylation is 1. The minimum absolute atomic E-state index is 0.00154. The molecule has 6 rings (SSSR count). The van der Waals surface area contributed by atoms with Gasteiger partial charge in [-0.15, -0.1) is 0 Å². The highest BCUT2D eigenvalue weighted by Crippen LogP contribution is 2.41. The Hall–Kier alpha value is -3.90. The Labute approximate surface area is 213 Å². The first-order chi connectivity index (χ1) is 17.5. The Morgan fingerprint density at radius 1 is 1.00 bits per heavy atom. The van der Waals surface area contributed by atoms with Crippen molar-refractivity contribution >= 4 is 28.8 Å². The molecule has 6 heteroatoms. The molecule has 0 N–H and O–H groups in total. The maximum Gasteiger partial charge on any atom is 0.271 e. The highest BCUT2D eigenvalue weighted by atomic mass is 32.1. The van der Waals surface area contributed by atoms with Crippen LogP contribution < -0.4 is 24.5 Å². The van der Waals surface area contributed by atoms with Crippen LogP contribution in [0, 0.1) is 0 Å². The normalized spacial score (nSPS) is 16.6. The molecule has 0 fully saturated rings. The lowest BCUT2D eigenvalue weighted by Gasteiger charge is -2.30. The van der Waals surface area contributed by atoms with Crippen molar-refractivity contribution < 1.29 is 4.74 Å². The highest BCUT2D eigenvalue weighted by molar-refractivity contribution is 7.07. The van der Waals surface area contributed by atoms with E-state index in [2.05, 4.69) is 65.6 Å². The highest BCUT2D eigenvalue weighted by Gasteiger charge is 2.32. The Morgan fingerprint density at radius 2 is 1.75 bits per heavy atom. The van der Waals surface area contributed by atoms with Crippen LogP contribution >= 0.6 is 11.3 Å². The first kappa shape index (κ1) is 22.6. The van der Waals surface area contributed by atoms with Gasteiger partial charge in [0.2, 0.25) is 0 Å². The van der Waals surface area contributed by atoms with Crippen LogP contribution in [-0.4, -0.2) is 25.8 Å². The molecule has 2 aliphatic rings. The van der Waals surface area contributed by atoms with Gasteiger partial charge in [0.1, 0.15) is 5.75 Å². The Balaban J connectivity index is 1.56. The zero-order chi connectivity index (χ0) is 24.8. The van der Waals surface area contributed by atoms with Crippen molar-refractivity contribution in [1.29, 1.82) is 0 Å². The van der Waals surface area contributed by atoms with Gasteiger partial charge in [-0.2, -0.15) is 0 Å². The summed E-state index contributed by atoms with van der Waals surface area (Å²) in [4.78, 5) is 21.7. The quantitative estimate of drug-likeness (QED) is 0.424. The third-order valence-corrected chi connectivity index (χ3v) is 7.99. The van der Waals surface area contributed by atoms with Crippen LogP contribution in [0.2, 0.25) is 0 Å². The number of fused-ring (bicyclic) bond motifs is 3. The molecule has 36 heavy (non-hydrogen) atoms. The van der Waals surface area contributed by atoms with Crippen LogP contribution in [0.1, 0.15) is 34.7 Å². The first-order valence-electron chi connectivity index (χ1n) is 12.1. The van der Waals surface area contributed by atoms with E-state index in [0.717, 1.165) is 45.9 Å². The van der Waals surface area contributed by atoms with Gasteiger partial charge in [-0.25, -0.2) is 4.99 Å². The van der Waals surface area contributed by atoms with E-state index < -0.39 is 0 Å². The van der Waals surface area contributed by atoms with Gasteiger partial charge >= 0.3 is 0 Å². The van der Waals surface area contributed by atoms with Crippen molar-refractivity contribution in [2.45, 2.75) is 18.9 Å². The summed E-state index contributed by atoms with van der Waals surface area (Å²) < 4.78 is 7.97. The molecule has 4 aromatic rings. The Kier molecular flexibility index (Phi) is 5.61. The number of hydrogen-bond donors (Lipinski definition) is 0. The van der Waals surface area contributed by atoms with Gasteiger partial charge in [-0.1, -0.05) is 59.9 Å². The van der Waals surface area contributed by atoms with Crippen LogP contribution in [0.4, 0.5) is 5.69 Å². The molecule has 5 nitrogen and oxygen atoms in total. The predicted molar refractivity (Wildman–Crippen MR) is 147 cm³/mol. The summed E-state index contributed by atoms with van der Waals surface area (Å²) in [5, 5.41) is 0. The molecule has 0 amide bonds. The van der Waals surface area contributed by atoms with E-state index in [1.165, 1.54) is 28.0 Å². The summed E-state index contributed by atoms with van der Waals surface area (Å²) in [5.41, 5.74) is 7.90.